The van der Waals surface area contributed by atoms with Gasteiger partial charge < -0.3 is 0 Å². The summed E-state index contributed by atoms with van der Waals surface area (Å²) in [4.78, 5) is 0. The van der Waals surface area contributed by atoms with Crippen LogP contribution in [0.3, 0.4) is 0 Å². The Bertz CT molecular complexity index is 255. The van der Waals surface area contributed by atoms with E-state index in [1.165, 1.54) is 19.3 Å². The molecule has 1 aliphatic carbocycles. The molecule has 1 aromatic carbocycles. The normalized spacial score (nSPS) is 27.8. The Labute approximate surface area is 84.7 Å². The first-order valence-corrected chi connectivity index (χ1v) is 6.26. The molecule has 1 aliphatic rings. The molecular weight excluding hydrogens is 176 g/mol. The first-order chi connectivity index (χ1) is 6.40. The molecule has 0 aliphatic heterocycles. The first-order valence-electron chi connectivity index (χ1n) is 4.98. The van der Waals surface area contributed by atoms with Crippen molar-refractivity contribution in [3.63, 3.8) is 0 Å². The van der Waals surface area contributed by atoms with Crippen molar-refractivity contribution < 1.29 is 0 Å². The van der Waals surface area contributed by atoms with Crippen LogP contribution in [0.25, 0.3) is 0 Å². The lowest BCUT2D eigenvalue weighted by molar-refractivity contribution is 0.725. The van der Waals surface area contributed by atoms with E-state index in [0.717, 1.165) is 11.2 Å². The van der Waals surface area contributed by atoms with Crippen LogP contribution < -0.4 is 0 Å². The molecule has 2 unspecified atom stereocenters. The monoisotopic (exact) mass is 192 g/mol. The highest BCUT2D eigenvalue weighted by Crippen LogP contribution is 2.38. The van der Waals surface area contributed by atoms with Crippen LogP contribution in [-0.4, -0.2) is 11.5 Å². The Morgan fingerprint density at radius 3 is 2.54 bits per heavy atom. The van der Waals surface area contributed by atoms with Gasteiger partial charge in [-0.25, -0.2) is 0 Å². The number of rotatable bonds is 2. The molecule has 70 valence electrons. The van der Waals surface area contributed by atoms with Gasteiger partial charge in [-0.2, -0.15) is 11.8 Å². The van der Waals surface area contributed by atoms with Gasteiger partial charge in [0, 0.05) is 5.25 Å². The van der Waals surface area contributed by atoms with Crippen LogP contribution in [0.5, 0.6) is 0 Å². The van der Waals surface area contributed by atoms with Crippen molar-refractivity contribution in [2.45, 2.75) is 30.4 Å². The van der Waals surface area contributed by atoms with Gasteiger partial charge >= 0.3 is 0 Å². The highest BCUT2D eigenvalue weighted by Gasteiger charge is 2.24. The Kier molecular flexibility index (Phi) is 2.94. The summed E-state index contributed by atoms with van der Waals surface area (Å²) >= 11 is 2.03. The molecule has 1 heteroatoms. The van der Waals surface area contributed by atoms with Gasteiger partial charge in [0.25, 0.3) is 0 Å². The SMILES string of the molecule is CSC1CCC(c2ccccc2)C1. The van der Waals surface area contributed by atoms with Crippen molar-refractivity contribution in [1.29, 1.82) is 0 Å². The summed E-state index contributed by atoms with van der Waals surface area (Å²) < 4.78 is 0. The van der Waals surface area contributed by atoms with Gasteiger partial charge in [-0.1, -0.05) is 30.3 Å². The van der Waals surface area contributed by atoms with Gasteiger partial charge in [0.1, 0.15) is 0 Å². The van der Waals surface area contributed by atoms with Crippen molar-refractivity contribution in [1.82, 2.24) is 0 Å². The fourth-order valence-electron chi connectivity index (χ4n) is 2.18. The predicted octanol–water partition coefficient (Wildman–Crippen LogP) is 3.69. The first kappa shape index (κ1) is 9.14. The molecule has 0 saturated heterocycles. The summed E-state index contributed by atoms with van der Waals surface area (Å²) in [5.41, 5.74) is 1.54. The molecule has 1 aromatic rings. The van der Waals surface area contributed by atoms with E-state index in [4.69, 9.17) is 0 Å². The third kappa shape index (κ3) is 2.08. The quantitative estimate of drug-likeness (QED) is 0.688. The topological polar surface area (TPSA) is 0 Å². The largest absolute Gasteiger partial charge is 0.162 e. The molecule has 0 nitrogen and oxygen atoms in total. The van der Waals surface area contributed by atoms with E-state index < -0.39 is 0 Å². The van der Waals surface area contributed by atoms with Gasteiger partial charge in [0.15, 0.2) is 0 Å². The molecule has 13 heavy (non-hydrogen) atoms. The van der Waals surface area contributed by atoms with E-state index in [2.05, 4.69) is 36.6 Å². The van der Waals surface area contributed by atoms with Crippen molar-refractivity contribution in [3.05, 3.63) is 35.9 Å². The predicted molar refractivity (Wildman–Crippen MR) is 60.3 cm³/mol. The lowest BCUT2D eigenvalue weighted by Crippen LogP contribution is -1.95. The minimum Gasteiger partial charge on any atom is -0.162 e. The van der Waals surface area contributed by atoms with Crippen LogP contribution in [0.1, 0.15) is 30.7 Å². The molecule has 0 amide bonds. The van der Waals surface area contributed by atoms with E-state index in [-0.39, 0.29) is 0 Å². The molecular formula is C12H16S. The number of hydrogen-bond donors (Lipinski definition) is 0. The summed E-state index contributed by atoms with van der Waals surface area (Å²) in [5.74, 6) is 0.832. The molecule has 0 N–H and O–H groups in total. The third-order valence-corrected chi connectivity index (χ3v) is 4.08. The third-order valence-electron chi connectivity index (χ3n) is 2.99. The molecule has 0 heterocycles. The van der Waals surface area contributed by atoms with Crippen LogP contribution >= 0.6 is 11.8 Å². The van der Waals surface area contributed by atoms with Crippen LogP contribution in [0, 0.1) is 0 Å². The Morgan fingerprint density at radius 1 is 1.15 bits per heavy atom. The maximum absolute atomic E-state index is 2.27. The Balaban J connectivity index is 2.04. The summed E-state index contributed by atoms with van der Waals surface area (Å²) in [6.07, 6.45) is 6.40. The van der Waals surface area contributed by atoms with Crippen molar-refractivity contribution in [2.75, 3.05) is 6.26 Å². The second kappa shape index (κ2) is 4.19. The van der Waals surface area contributed by atoms with E-state index >= 15 is 0 Å². The minimum absolute atomic E-state index is 0.832. The van der Waals surface area contributed by atoms with Gasteiger partial charge in [-0.05, 0) is 37.0 Å². The van der Waals surface area contributed by atoms with E-state index in [0.29, 0.717) is 0 Å². The zero-order valence-corrected chi connectivity index (χ0v) is 8.89. The molecule has 2 rings (SSSR count). The zero-order chi connectivity index (χ0) is 9.10. The highest BCUT2D eigenvalue weighted by molar-refractivity contribution is 7.99. The molecule has 1 fully saturated rings. The van der Waals surface area contributed by atoms with Gasteiger partial charge in [0.2, 0.25) is 0 Å². The minimum atomic E-state index is 0.832. The average Bonchev–Trinajstić information content (AvgIpc) is 2.67. The zero-order valence-electron chi connectivity index (χ0n) is 8.07. The fourth-order valence-corrected chi connectivity index (χ4v) is 2.98. The molecule has 0 bridgehead atoms. The van der Waals surface area contributed by atoms with Crippen LogP contribution in [0.2, 0.25) is 0 Å². The van der Waals surface area contributed by atoms with Crippen LogP contribution in [0.15, 0.2) is 30.3 Å². The number of benzene rings is 1. The summed E-state index contributed by atoms with van der Waals surface area (Å²) in [5, 5.41) is 0.908. The van der Waals surface area contributed by atoms with Gasteiger partial charge in [-0.3, -0.25) is 0 Å². The number of thioether (sulfide) groups is 1. The number of hydrogen-bond acceptors (Lipinski definition) is 1. The standard InChI is InChI=1S/C12H16S/c1-13-12-8-7-11(9-12)10-5-3-2-4-6-10/h2-6,11-12H,7-9H2,1H3. The molecule has 0 aromatic heterocycles. The lowest BCUT2D eigenvalue weighted by atomic mass is 9.98. The molecule has 1 saturated carbocycles. The van der Waals surface area contributed by atoms with E-state index in [9.17, 15) is 0 Å². The Morgan fingerprint density at radius 2 is 1.92 bits per heavy atom. The van der Waals surface area contributed by atoms with E-state index in [1.807, 2.05) is 11.8 Å². The van der Waals surface area contributed by atoms with E-state index in [1.54, 1.807) is 5.56 Å². The summed E-state index contributed by atoms with van der Waals surface area (Å²) in [6, 6.07) is 11.0. The lowest BCUT2D eigenvalue weighted by Gasteiger charge is -2.09. The van der Waals surface area contributed by atoms with Gasteiger partial charge in [0.05, 0.1) is 0 Å². The maximum Gasteiger partial charge on any atom is 0.00503 e. The summed E-state index contributed by atoms with van der Waals surface area (Å²) in [6.45, 7) is 0. The van der Waals surface area contributed by atoms with Crippen LogP contribution in [-0.2, 0) is 0 Å². The Hall–Kier alpha value is -0.430. The second-order valence-electron chi connectivity index (χ2n) is 3.78. The highest BCUT2D eigenvalue weighted by atomic mass is 32.2. The molecule has 0 radical (unpaired) electrons. The maximum atomic E-state index is 2.27. The fraction of sp³-hybridized carbons (Fsp3) is 0.500. The van der Waals surface area contributed by atoms with Crippen LogP contribution in [0.4, 0.5) is 0 Å². The average molecular weight is 192 g/mol. The van der Waals surface area contributed by atoms with Crippen molar-refractivity contribution in [2.24, 2.45) is 0 Å². The molecule has 0 spiro atoms. The molecule has 2 atom stereocenters. The van der Waals surface area contributed by atoms with Crippen molar-refractivity contribution >= 4 is 11.8 Å². The smallest absolute Gasteiger partial charge is 0.00503 e. The second-order valence-corrected chi connectivity index (χ2v) is 4.92. The van der Waals surface area contributed by atoms with Gasteiger partial charge in [-0.15, -0.1) is 0 Å². The summed E-state index contributed by atoms with van der Waals surface area (Å²) in [7, 11) is 0. The van der Waals surface area contributed by atoms with Crippen molar-refractivity contribution in [3.8, 4) is 0 Å².